The molecule has 1 heterocycles. The molecule has 0 aromatic heterocycles. The lowest BCUT2D eigenvalue weighted by Gasteiger charge is -2.25. The van der Waals surface area contributed by atoms with Crippen molar-refractivity contribution in [3.05, 3.63) is 70.2 Å². The van der Waals surface area contributed by atoms with Crippen LogP contribution in [0.3, 0.4) is 0 Å². The van der Waals surface area contributed by atoms with Gasteiger partial charge < -0.3 is 10.6 Å². The molecule has 0 bridgehead atoms. The monoisotopic (exact) mass is 343 g/mol. The molecule has 0 fully saturated rings. The third-order valence-corrected chi connectivity index (χ3v) is 5.02. The van der Waals surface area contributed by atoms with E-state index in [0.717, 1.165) is 37.6 Å². The fourth-order valence-electron chi connectivity index (χ4n) is 3.57. The Morgan fingerprint density at radius 1 is 1.21 bits per heavy atom. The van der Waals surface area contributed by atoms with Crippen LogP contribution in [-0.4, -0.2) is 36.5 Å². The maximum atomic E-state index is 6.15. The minimum atomic E-state index is 0.304. The predicted molar refractivity (Wildman–Crippen MR) is 101 cm³/mol. The predicted octanol–water partition coefficient (Wildman–Crippen LogP) is 3.68. The second-order valence-corrected chi connectivity index (χ2v) is 7.08. The molecule has 2 aromatic carbocycles. The Morgan fingerprint density at radius 2 is 2.00 bits per heavy atom. The number of hydrogen-bond donors (Lipinski definition) is 1. The molecule has 128 valence electrons. The normalized spacial score (nSPS) is 17.4. The van der Waals surface area contributed by atoms with E-state index in [0.29, 0.717) is 12.6 Å². The minimum absolute atomic E-state index is 0.304. The van der Waals surface area contributed by atoms with Crippen molar-refractivity contribution in [1.82, 2.24) is 9.80 Å². The highest BCUT2D eigenvalue weighted by Crippen LogP contribution is 2.34. The summed E-state index contributed by atoms with van der Waals surface area (Å²) in [5, 5.41) is 0.802. The van der Waals surface area contributed by atoms with Gasteiger partial charge in [-0.3, -0.25) is 4.90 Å². The molecular weight excluding hydrogens is 318 g/mol. The lowest BCUT2D eigenvalue weighted by atomic mass is 10.1. The molecule has 0 amide bonds. The Balaban J connectivity index is 1.50. The average Bonchev–Trinajstić information content (AvgIpc) is 2.92. The summed E-state index contributed by atoms with van der Waals surface area (Å²) in [4.78, 5) is 4.87. The Bertz CT molecular complexity index is 659. The Morgan fingerprint density at radius 3 is 2.75 bits per heavy atom. The van der Waals surface area contributed by atoms with Gasteiger partial charge in [0.1, 0.15) is 0 Å². The molecule has 0 aliphatic carbocycles. The van der Waals surface area contributed by atoms with Gasteiger partial charge in [0, 0.05) is 37.2 Å². The van der Waals surface area contributed by atoms with E-state index < -0.39 is 0 Å². The van der Waals surface area contributed by atoms with Crippen molar-refractivity contribution in [3.63, 3.8) is 0 Å². The van der Waals surface area contributed by atoms with E-state index in [9.17, 15) is 0 Å². The molecule has 1 aliphatic rings. The lowest BCUT2D eigenvalue weighted by molar-refractivity contribution is 0.201. The van der Waals surface area contributed by atoms with Crippen LogP contribution in [0.25, 0.3) is 0 Å². The first-order valence-corrected chi connectivity index (χ1v) is 9.00. The largest absolute Gasteiger partial charge is 0.329 e. The van der Waals surface area contributed by atoms with Gasteiger partial charge in [0.05, 0.1) is 0 Å². The van der Waals surface area contributed by atoms with Crippen LogP contribution in [0.4, 0.5) is 0 Å². The van der Waals surface area contributed by atoms with Crippen molar-refractivity contribution in [2.24, 2.45) is 5.73 Å². The van der Waals surface area contributed by atoms with Crippen LogP contribution in [0.15, 0.2) is 48.5 Å². The summed E-state index contributed by atoms with van der Waals surface area (Å²) in [5.74, 6) is 0. The summed E-state index contributed by atoms with van der Waals surface area (Å²) in [7, 11) is 2.19. The topological polar surface area (TPSA) is 32.5 Å². The van der Waals surface area contributed by atoms with Gasteiger partial charge in [-0.25, -0.2) is 0 Å². The molecule has 24 heavy (non-hydrogen) atoms. The third-order valence-electron chi connectivity index (χ3n) is 4.78. The second kappa shape index (κ2) is 8.13. The molecule has 4 heteroatoms. The average molecular weight is 344 g/mol. The molecular formula is C20H26ClN3. The van der Waals surface area contributed by atoms with Gasteiger partial charge in [-0.2, -0.15) is 0 Å². The molecule has 0 saturated carbocycles. The van der Waals surface area contributed by atoms with Crippen molar-refractivity contribution >= 4 is 11.6 Å². The lowest BCUT2D eigenvalue weighted by Crippen LogP contribution is -2.31. The van der Waals surface area contributed by atoms with E-state index in [-0.39, 0.29) is 0 Å². The van der Waals surface area contributed by atoms with Crippen molar-refractivity contribution in [3.8, 4) is 0 Å². The van der Waals surface area contributed by atoms with Gasteiger partial charge in [0.25, 0.3) is 0 Å². The number of benzene rings is 2. The summed E-state index contributed by atoms with van der Waals surface area (Å²) in [6.07, 6.45) is 1.14. The maximum Gasteiger partial charge on any atom is 0.0477 e. The second-order valence-electron chi connectivity index (χ2n) is 6.64. The smallest absolute Gasteiger partial charge is 0.0477 e. The molecule has 3 nitrogen and oxygen atoms in total. The Labute approximate surface area is 150 Å². The first-order valence-electron chi connectivity index (χ1n) is 8.62. The van der Waals surface area contributed by atoms with Crippen molar-refractivity contribution in [1.29, 1.82) is 0 Å². The van der Waals surface area contributed by atoms with E-state index in [1.54, 1.807) is 0 Å². The zero-order valence-electron chi connectivity index (χ0n) is 14.3. The highest BCUT2D eigenvalue weighted by atomic mass is 35.5. The van der Waals surface area contributed by atoms with Crippen LogP contribution in [0.5, 0.6) is 0 Å². The maximum absolute atomic E-state index is 6.15. The van der Waals surface area contributed by atoms with Gasteiger partial charge in [0.15, 0.2) is 0 Å². The number of nitrogens with zero attached hydrogens (tertiary/aromatic N) is 2. The van der Waals surface area contributed by atoms with Gasteiger partial charge in [-0.15, -0.1) is 0 Å². The molecule has 2 aromatic rings. The number of rotatable bonds is 7. The van der Waals surface area contributed by atoms with Crippen molar-refractivity contribution in [2.45, 2.75) is 25.6 Å². The summed E-state index contributed by atoms with van der Waals surface area (Å²) < 4.78 is 0. The first kappa shape index (κ1) is 17.4. The zero-order chi connectivity index (χ0) is 16.9. The fourth-order valence-corrected chi connectivity index (χ4v) is 3.76. The summed E-state index contributed by atoms with van der Waals surface area (Å²) >= 11 is 6.15. The molecule has 2 N–H and O–H groups in total. The highest BCUT2D eigenvalue weighted by Gasteiger charge is 2.28. The van der Waals surface area contributed by atoms with Gasteiger partial charge in [0.2, 0.25) is 0 Å². The van der Waals surface area contributed by atoms with Crippen LogP contribution >= 0.6 is 11.6 Å². The van der Waals surface area contributed by atoms with Gasteiger partial charge >= 0.3 is 0 Å². The quantitative estimate of drug-likeness (QED) is 0.832. The van der Waals surface area contributed by atoms with Crippen LogP contribution in [0.2, 0.25) is 5.02 Å². The van der Waals surface area contributed by atoms with E-state index in [1.807, 2.05) is 6.07 Å². The molecule has 1 aliphatic heterocycles. The Kier molecular flexibility index (Phi) is 5.90. The molecule has 0 saturated heterocycles. The number of halogens is 1. The number of nitrogens with two attached hydrogens (primary N) is 1. The third kappa shape index (κ3) is 4.17. The van der Waals surface area contributed by atoms with Crippen molar-refractivity contribution in [2.75, 3.05) is 26.7 Å². The fraction of sp³-hybridized carbons (Fsp3) is 0.400. The van der Waals surface area contributed by atoms with Crippen LogP contribution in [-0.2, 0) is 13.1 Å². The van der Waals surface area contributed by atoms with Crippen LogP contribution < -0.4 is 5.73 Å². The number of fused-ring (bicyclic) bond motifs is 1. The van der Waals surface area contributed by atoms with Crippen molar-refractivity contribution < 1.29 is 0 Å². The van der Waals surface area contributed by atoms with Crippen LogP contribution in [0.1, 0.15) is 29.2 Å². The molecule has 0 spiro atoms. The molecule has 1 atom stereocenters. The zero-order valence-corrected chi connectivity index (χ0v) is 15.0. The molecule has 0 radical (unpaired) electrons. The highest BCUT2D eigenvalue weighted by molar-refractivity contribution is 6.30. The van der Waals surface area contributed by atoms with E-state index in [1.165, 1.54) is 16.7 Å². The first-order chi connectivity index (χ1) is 11.7. The van der Waals surface area contributed by atoms with E-state index >= 15 is 0 Å². The van der Waals surface area contributed by atoms with Crippen LogP contribution in [0, 0.1) is 0 Å². The van der Waals surface area contributed by atoms with E-state index in [4.69, 9.17) is 17.3 Å². The molecule has 3 rings (SSSR count). The summed E-state index contributed by atoms with van der Waals surface area (Å²) in [6.45, 7) is 4.77. The SMILES string of the molecule is CN(CCCN1Cc2ccc(Cl)cc2C1CN)Cc1ccccc1. The van der Waals surface area contributed by atoms with E-state index in [2.05, 4.69) is 59.3 Å². The Hall–Kier alpha value is -1.39. The van der Waals surface area contributed by atoms with Gasteiger partial charge in [-0.05, 0) is 48.8 Å². The minimum Gasteiger partial charge on any atom is -0.329 e. The summed E-state index contributed by atoms with van der Waals surface area (Å²) in [5.41, 5.74) is 10.1. The summed E-state index contributed by atoms with van der Waals surface area (Å²) in [6, 6.07) is 17.1. The molecule has 1 unspecified atom stereocenters. The van der Waals surface area contributed by atoms with Gasteiger partial charge in [-0.1, -0.05) is 48.0 Å². The standard InChI is InChI=1S/C20H26ClN3/c1-23(14-16-6-3-2-4-7-16)10-5-11-24-15-17-8-9-18(21)12-19(17)20(24)13-22/h2-4,6-9,12,20H,5,10-11,13-15,22H2,1H3. The number of hydrogen-bond acceptors (Lipinski definition) is 3.